The Kier molecular flexibility index (Phi) is 3.72. The first kappa shape index (κ1) is 9.17. The standard InChI is InChI=1S/C7H12O3/c1-5(7(9)10)3-4-6(2)8/h6,8H,1,3-4H2,2H3,(H,9,10)/t6-/m0/s1. The molecule has 0 unspecified atom stereocenters. The zero-order valence-corrected chi connectivity index (χ0v) is 6.00. The Hall–Kier alpha value is -0.830. The Bertz CT molecular complexity index is 138. The van der Waals surface area contributed by atoms with Gasteiger partial charge >= 0.3 is 5.97 Å². The summed E-state index contributed by atoms with van der Waals surface area (Å²) in [7, 11) is 0. The molecule has 0 fully saturated rings. The number of carbonyl (C=O) groups is 1. The highest BCUT2D eigenvalue weighted by Crippen LogP contribution is 2.04. The van der Waals surface area contributed by atoms with Crippen LogP contribution in [0.15, 0.2) is 12.2 Å². The van der Waals surface area contributed by atoms with Crippen molar-refractivity contribution in [3.8, 4) is 0 Å². The monoisotopic (exact) mass is 144 g/mol. The predicted octanol–water partition coefficient (Wildman–Crippen LogP) is 0.788. The summed E-state index contributed by atoms with van der Waals surface area (Å²) >= 11 is 0. The third-order valence-corrected chi connectivity index (χ3v) is 1.17. The maximum absolute atomic E-state index is 10.1. The zero-order chi connectivity index (χ0) is 8.15. The minimum Gasteiger partial charge on any atom is -0.478 e. The van der Waals surface area contributed by atoms with Gasteiger partial charge in [0.05, 0.1) is 6.10 Å². The van der Waals surface area contributed by atoms with Crippen molar-refractivity contribution < 1.29 is 15.0 Å². The number of hydrogen-bond donors (Lipinski definition) is 2. The Balaban J connectivity index is 3.50. The Morgan fingerprint density at radius 3 is 2.50 bits per heavy atom. The molecule has 58 valence electrons. The molecule has 0 rings (SSSR count). The molecule has 0 spiro atoms. The molecule has 0 aromatic rings. The fourth-order valence-electron chi connectivity index (χ4n) is 0.490. The van der Waals surface area contributed by atoms with Crippen LogP contribution >= 0.6 is 0 Å². The lowest BCUT2D eigenvalue weighted by molar-refractivity contribution is -0.132. The number of carboxylic acids is 1. The van der Waals surface area contributed by atoms with Crippen LogP contribution in [-0.4, -0.2) is 22.3 Å². The van der Waals surface area contributed by atoms with E-state index in [4.69, 9.17) is 10.2 Å². The minimum absolute atomic E-state index is 0.154. The molecule has 0 aromatic heterocycles. The van der Waals surface area contributed by atoms with Gasteiger partial charge in [0.25, 0.3) is 0 Å². The van der Waals surface area contributed by atoms with Crippen LogP contribution in [0.2, 0.25) is 0 Å². The molecule has 0 aliphatic rings. The molecule has 0 aliphatic carbocycles. The van der Waals surface area contributed by atoms with Crippen LogP contribution in [0, 0.1) is 0 Å². The van der Waals surface area contributed by atoms with E-state index in [2.05, 4.69) is 6.58 Å². The zero-order valence-electron chi connectivity index (χ0n) is 6.00. The highest BCUT2D eigenvalue weighted by Gasteiger charge is 2.04. The second-order valence-electron chi connectivity index (χ2n) is 2.30. The number of aliphatic hydroxyl groups is 1. The fourth-order valence-corrected chi connectivity index (χ4v) is 0.490. The lowest BCUT2D eigenvalue weighted by atomic mass is 10.1. The van der Waals surface area contributed by atoms with E-state index in [9.17, 15) is 4.79 Å². The quantitative estimate of drug-likeness (QED) is 0.573. The minimum atomic E-state index is -0.986. The molecular weight excluding hydrogens is 132 g/mol. The van der Waals surface area contributed by atoms with Crippen LogP contribution in [-0.2, 0) is 4.79 Å². The highest BCUT2D eigenvalue weighted by molar-refractivity contribution is 5.85. The summed E-state index contributed by atoms with van der Waals surface area (Å²) in [4.78, 5) is 10.1. The van der Waals surface area contributed by atoms with Crippen LogP contribution in [0.5, 0.6) is 0 Å². The van der Waals surface area contributed by atoms with Crippen molar-refractivity contribution in [2.24, 2.45) is 0 Å². The lowest BCUT2D eigenvalue weighted by Gasteiger charge is -2.01. The topological polar surface area (TPSA) is 57.5 Å². The molecule has 3 nitrogen and oxygen atoms in total. The third kappa shape index (κ3) is 4.09. The van der Waals surface area contributed by atoms with Gasteiger partial charge in [-0.25, -0.2) is 4.79 Å². The van der Waals surface area contributed by atoms with Crippen molar-refractivity contribution in [3.63, 3.8) is 0 Å². The van der Waals surface area contributed by atoms with Gasteiger partial charge in [0, 0.05) is 5.57 Å². The molecule has 0 heterocycles. The van der Waals surface area contributed by atoms with E-state index in [1.54, 1.807) is 6.92 Å². The molecule has 3 heteroatoms. The summed E-state index contributed by atoms with van der Waals surface area (Å²) in [5.41, 5.74) is 0.154. The normalized spacial score (nSPS) is 12.6. The summed E-state index contributed by atoms with van der Waals surface area (Å²) in [6.07, 6.45) is 0.370. The first-order valence-electron chi connectivity index (χ1n) is 3.13. The van der Waals surface area contributed by atoms with E-state index in [0.717, 1.165) is 0 Å². The molecule has 0 bridgehead atoms. The smallest absolute Gasteiger partial charge is 0.330 e. The van der Waals surface area contributed by atoms with Gasteiger partial charge in [-0.3, -0.25) is 0 Å². The highest BCUT2D eigenvalue weighted by atomic mass is 16.4. The number of rotatable bonds is 4. The largest absolute Gasteiger partial charge is 0.478 e. The van der Waals surface area contributed by atoms with Crippen LogP contribution in [0.25, 0.3) is 0 Å². The average molecular weight is 144 g/mol. The molecule has 0 saturated carbocycles. The molecule has 2 N–H and O–H groups in total. The molecular formula is C7H12O3. The number of hydrogen-bond acceptors (Lipinski definition) is 2. The van der Waals surface area contributed by atoms with E-state index >= 15 is 0 Å². The van der Waals surface area contributed by atoms with Crippen molar-refractivity contribution in [1.29, 1.82) is 0 Å². The summed E-state index contributed by atoms with van der Waals surface area (Å²) in [6.45, 7) is 4.94. The second kappa shape index (κ2) is 4.06. The second-order valence-corrected chi connectivity index (χ2v) is 2.30. The Labute approximate surface area is 60.0 Å². The maximum Gasteiger partial charge on any atom is 0.330 e. The fraction of sp³-hybridized carbons (Fsp3) is 0.571. The van der Waals surface area contributed by atoms with E-state index in [1.807, 2.05) is 0 Å². The molecule has 0 amide bonds. The van der Waals surface area contributed by atoms with Crippen LogP contribution in [0.3, 0.4) is 0 Å². The number of aliphatic carboxylic acids is 1. The Morgan fingerprint density at radius 1 is 1.70 bits per heavy atom. The molecule has 0 aromatic carbocycles. The number of carboxylic acid groups (broad SMARTS) is 1. The van der Waals surface area contributed by atoms with Gasteiger partial charge in [-0.15, -0.1) is 0 Å². The Morgan fingerprint density at radius 2 is 2.20 bits per heavy atom. The van der Waals surface area contributed by atoms with Gasteiger partial charge in [-0.05, 0) is 19.8 Å². The lowest BCUT2D eigenvalue weighted by Crippen LogP contribution is -2.04. The van der Waals surface area contributed by atoms with E-state index in [0.29, 0.717) is 12.8 Å². The van der Waals surface area contributed by atoms with Crippen molar-refractivity contribution >= 4 is 5.97 Å². The van der Waals surface area contributed by atoms with Crippen molar-refractivity contribution in [3.05, 3.63) is 12.2 Å². The third-order valence-electron chi connectivity index (χ3n) is 1.17. The van der Waals surface area contributed by atoms with Crippen LogP contribution in [0.1, 0.15) is 19.8 Å². The molecule has 1 atom stereocenters. The van der Waals surface area contributed by atoms with E-state index in [1.165, 1.54) is 0 Å². The molecule has 0 aliphatic heterocycles. The average Bonchev–Trinajstić information content (AvgIpc) is 1.82. The van der Waals surface area contributed by atoms with E-state index in [-0.39, 0.29) is 5.57 Å². The molecule has 10 heavy (non-hydrogen) atoms. The first-order chi connectivity index (χ1) is 4.54. The summed E-state index contributed by atoms with van der Waals surface area (Å²) in [5, 5.41) is 17.1. The van der Waals surface area contributed by atoms with Gasteiger partial charge in [0.2, 0.25) is 0 Å². The SMILES string of the molecule is C=C(CC[C@H](C)O)C(=O)O. The number of aliphatic hydroxyl groups excluding tert-OH is 1. The molecule has 0 saturated heterocycles. The van der Waals surface area contributed by atoms with Gasteiger partial charge in [-0.1, -0.05) is 6.58 Å². The summed E-state index contributed by atoms with van der Waals surface area (Å²) in [5.74, 6) is -0.986. The summed E-state index contributed by atoms with van der Waals surface area (Å²) in [6, 6.07) is 0. The van der Waals surface area contributed by atoms with Gasteiger partial charge in [0.1, 0.15) is 0 Å². The van der Waals surface area contributed by atoms with Crippen molar-refractivity contribution in [2.75, 3.05) is 0 Å². The summed E-state index contributed by atoms with van der Waals surface area (Å²) < 4.78 is 0. The van der Waals surface area contributed by atoms with Crippen molar-refractivity contribution in [2.45, 2.75) is 25.9 Å². The van der Waals surface area contributed by atoms with Gasteiger partial charge < -0.3 is 10.2 Å². The van der Waals surface area contributed by atoms with Crippen LogP contribution in [0.4, 0.5) is 0 Å². The van der Waals surface area contributed by atoms with Gasteiger partial charge in [0.15, 0.2) is 0 Å². The van der Waals surface area contributed by atoms with Gasteiger partial charge in [-0.2, -0.15) is 0 Å². The first-order valence-corrected chi connectivity index (χ1v) is 3.13. The molecule has 0 radical (unpaired) electrons. The van der Waals surface area contributed by atoms with E-state index < -0.39 is 12.1 Å². The maximum atomic E-state index is 10.1. The van der Waals surface area contributed by atoms with Crippen LogP contribution < -0.4 is 0 Å². The van der Waals surface area contributed by atoms with Crippen molar-refractivity contribution in [1.82, 2.24) is 0 Å². The predicted molar refractivity (Wildman–Crippen MR) is 37.7 cm³/mol.